The van der Waals surface area contributed by atoms with Gasteiger partial charge in [-0.2, -0.15) is 0 Å². The molecule has 0 saturated heterocycles. The Kier molecular flexibility index (Phi) is 6.65. The van der Waals surface area contributed by atoms with Crippen LogP contribution in [0.25, 0.3) is 0 Å². The fraction of sp³-hybridized carbons (Fsp3) is 0.562. The molecule has 0 aromatic heterocycles. The molecule has 0 aliphatic heterocycles. The van der Waals surface area contributed by atoms with Gasteiger partial charge in [-0.25, -0.2) is 4.39 Å². The predicted octanol–water partition coefficient (Wildman–Crippen LogP) is 3.03. The molecule has 0 saturated carbocycles. The van der Waals surface area contributed by atoms with Crippen molar-refractivity contribution in [3.05, 3.63) is 35.6 Å². The molecular formula is C16H25FN2O. The van der Waals surface area contributed by atoms with E-state index in [2.05, 4.69) is 24.5 Å². The molecule has 0 aliphatic rings. The molecule has 0 fully saturated rings. The third-order valence-corrected chi connectivity index (χ3v) is 3.28. The highest BCUT2D eigenvalue weighted by Gasteiger charge is 2.15. The molecule has 0 radical (unpaired) electrons. The summed E-state index contributed by atoms with van der Waals surface area (Å²) in [5.74, 6) is 0.330. The van der Waals surface area contributed by atoms with Crippen LogP contribution in [0.5, 0.6) is 0 Å². The van der Waals surface area contributed by atoms with Crippen LogP contribution in [0, 0.1) is 11.7 Å². The number of nitrogens with one attached hydrogen (secondary N) is 2. The van der Waals surface area contributed by atoms with Crippen LogP contribution in [0.3, 0.4) is 0 Å². The molecular weight excluding hydrogens is 255 g/mol. The summed E-state index contributed by atoms with van der Waals surface area (Å²) in [5.41, 5.74) is 0.966. The highest BCUT2D eigenvalue weighted by atomic mass is 19.1. The van der Waals surface area contributed by atoms with Crippen LogP contribution in [0.4, 0.5) is 4.39 Å². The number of amides is 1. The first kappa shape index (κ1) is 16.6. The Hall–Kier alpha value is -1.42. The lowest BCUT2D eigenvalue weighted by Gasteiger charge is -2.20. The van der Waals surface area contributed by atoms with E-state index in [1.54, 1.807) is 12.1 Å². The molecule has 2 unspecified atom stereocenters. The summed E-state index contributed by atoms with van der Waals surface area (Å²) in [6.07, 6.45) is 0.978. The average Bonchev–Trinajstić information content (AvgIpc) is 2.38. The molecule has 4 heteroatoms. The zero-order valence-corrected chi connectivity index (χ0v) is 12.7. The van der Waals surface area contributed by atoms with Gasteiger partial charge in [0.15, 0.2) is 0 Å². The van der Waals surface area contributed by atoms with Gasteiger partial charge in [0, 0.05) is 12.6 Å². The van der Waals surface area contributed by atoms with Crippen molar-refractivity contribution in [1.29, 1.82) is 0 Å². The quantitative estimate of drug-likeness (QED) is 0.806. The van der Waals surface area contributed by atoms with E-state index < -0.39 is 0 Å². The van der Waals surface area contributed by atoms with E-state index in [9.17, 15) is 9.18 Å². The van der Waals surface area contributed by atoms with Crippen molar-refractivity contribution in [3.63, 3.8) is 0 Å². The first-order valence-electron chi connectivity index (χ1n) is 7.19. The van der Waals surface area contributed by atoms with Crippen LogP contribution in [0.15, 0.2) is 24.3 Å². The Bertz CT molecular complexity index is 417. The van der Waals surface area contributed by atoms with Crippen molar-refractivity contribution in [2.45, 2.75) is 46.2 Å². The summed E-state index contributed by atoms with van der Waals surface area (Å²) < 4.78 is 12.9. The van der Waals surface area contributed by atoms with Crippen molar-refractivity contribution in [1.82, 2.24) is 10.6 Å². The van der Waals surface area contributed by atoms with Gasteiger partial charge in [0.25, 0.3) is 0 Å². The van der Waals surface area contributed by atoms with Gasteiger partial charge < -0.3 is 5.32 Å². The number of carbonyl (C=O) groups excluding carboxylic acids is 1. The Labute approximate surface area is 121 Å². The maximum atomic E-state index is 12.9. The molecule has 20 heavy (non-hydrogen) atoms. The van der Waals surface area contributed by atoms with Gasteiger partial charge in [0.2, 0.25) is 5.91 Å². The van der Waals surface area contributed by atoms with E-state index in [4.69, 9.17) is 0 Å². The fourth-order valence-electron chi connectivity index (χ4n) is 1.94. The van der Waals surface area contributed by atoms with E-state index in [1.165, 1.54) is 12.1 Å². The fourth-order valence-corrected chi connectivity index (χ4v) is 1.94. The van der Waals surface area contributed by atoms with E-state index in [0.29, 0.717) is 12.5 Å². The Balaban J connectivity index is 2.42. The minimum Gasteiger partial charge on any atom is -0.355 e. The van der Waals surface area contributed by atoms with Gasteiger partial charge in [-0.3, -0.25) is 10.1 Å². The van der Waals surface area contributed by atoms with Crippen LogP contribution < -0.4 is 10.6 Å². The van der Waals surface area contributed by atoms with Crippen molar-refractivity contribution < 1.29 is 9.18 Å². The topological polar surface area (TPSA) is 41.1 Å². The van der Waals surface area contributed by atoms with Gasteiger partial charge in [0.1, 0.15) is 5.82 Å². The molecule has 112 valence electrons. The summed E-state index contributed by atoms with van der Waals surface area (Å²) in [4.78, 5) is 11.9. The first-order valence-corrected chi connectivity index (χ1v) is 7.19. The van der Waals surface area contributed by atoms with E-state index in [1.807, 2.05) is 13.8 Å². The molecule has 1 rings (SSSR count). The summed E-state index contributed by atoms with van der Waals surface area (Å²) in [7, 11) is 0. The van der Waals surface area contributed by atoms with Crippen LogP contribution in [-0.2, 0) is 4.79 Å². The molecule has 0 bridgehead atoms. The predicted molar refractivity (Wildman–Crippen MR) is 79.9 cm³/mol. The van der Waals surface area contributed by atoms with Crippen LogP contribution in [-0.4, -0.2) is 18.5 Å². The number of rotatable bonds is 7. The van der Waals surface area contributed by atoms with Crippen molar-refractivity contribution in [2.24, 2.45) is 5.92 Å². The summed E-state index contributed by atoms with van der Waals surface area (Å²) in [6, 6.07) is 6.05. The van der Waals surface area contributed by atoms with Gasteiger partial charge >= 0.3 is 0 Å². The van der Waals surface area contributed by atoms with Crippen LogP contribution >= 0.6 is 0 Å². The molecule has 1 amide bonds. The molecule has 2 N–H and O–H groups in total. The van der Waals surface area contributed by atoms with E-state index in [0.717, 1.165) is 12.0 Å². The molecule has 0 heterocycles. The number of benzene rings is 1. The second-order valence-corrected chi connectivity index (χ2v) is 5.64. The van der Waals surface area contributed by atoms with Crippen LogP contribution in [0.1, 0.15) is 45.7 Å². The zero-order chi connectivity index (χ0) is 15.1. The Morgan fingerprint density at radius 2 is 1.75 bits per heavy atom. The highest BCUT2D eigenvalue weighted by molar-refractivity contribution is 5.81. The lowest BCUT2D eigenvalue weighted by molar-refractivity contribution is -0.122. The van der Waals surface area contributed by atoms with Gasteiger partial charge in [0.05, 0.1) is 6.04 Å². The second-order valence-electron chi connectivity index (χ2n) is 5.64. The first-order chi connectivity index (χ1) is 9.40. The largest absolute Gasteiger partial charge is 0.355 e. The second kappa shape index (κ2) is 8.00. The highest BCUT2D eigenvalue weighted by Crippen LogP contribution is 2.13. The Morgan fingerprint density at radius 1 is 1.15 bits per heavy atom. The maximum absolute atomic E-state index is 12.9. The van der Waals surface area contributed by atoms with Gasteiger partial charge in [-0.1, -0.05) is 26.0 Å². The number of halogens is 1. The molecule has 3 nitrogen and oxygen atoms in total. The molecule has 0 spiro atoms. The molecule has 0 aliphatic carbocycles. The number of hydrogen-bond acceptors (Lipinski definition) is 2. The smallest absolute Gasteiger partial charge is 0.236 e. The lowest BCUT2D eigenvalue weighted by atomic mass is 10.1. The molecule has 1 aromatic rings. The monoisotopic (exact) mass is 280 g/mol. The number of carbonyl (C=O) groups is 1. The zero-order valence-electron chi connectivity index (χ0n) is 12.7. The lowest BCUT2D eigenvalue weighted by Crippen LogP contribution is -2.43. The summed E-state index contributed by atoms with van der Waals surface area (Å²) in [5, 5.41) is 6.14. The van der Waals surface area contributed by atoms with Crippen LogP contribution in [0.2, 0.25) is 0 Å². The SMILES string of the molecule is CC(C)CCNC(=O)C(C)NC(C)c1ccc(F)cc1. The van der Waals surface area contributed by atoms with Crippen molar-refractivity contribution >= 4 is 5.91 Å². The third-order valence-electron chi connectivity index (χ3n) is 3.28. The van der Waals surface area contributed by atoms with E-state index >= 15 is 0 Å². The molecule has 1 aromatic carbocycles. The maximum Gasteiger partial charge on any atom is 0.236 e. The normalized spacial score (nSPS) is 14.1. The summed E-state index contributed by atoms with van der Waals surface area (Å²) >= 11 is 0. The van der Waals surface area contributed by atoms with Crippen molar-refractivity contribution in [2.75, 3.05) is 6.54 Å². The Morgan fingerprint density at radius 3 is 2.30 bits per heavy atom. The minimum atomic E-state index is -0.276. The minimum absolute atomic E-state index is 0.000360. The average molecular weight is 280 g/mol. The standard InChI is InChI=1S/C16H25FN2O/c1-11(2)9-10-18-16(20)13(4)19-12(3)14-5-7-15(17)8-6-14/h5-8,11-13,19H,9-10H2,1-4H3,(H,18,20). The van der Waals surface area contributed by atoms with E-state index in [-0.39, 0.29) is 23.8 Å². The van der Waals surface area contributed by atoms with Gasteiger partial charge in [-0.15, -0.1) is 0 Å². The van der Waals surface area contributed by atoms with Crippen molar-refractivity contribution in [3.8, 4) is 0 Å². The number of hydrogen-bond donors (Lipinski definition) is 2. The third kappa shape index (κ3) is 5.70. The summed E-state index contributed by atoms with van der Waals surface area (Å²) in [6.45, 7) is 8.76. The van der Waals surface area contributed by atoms with Gasteiger partial charge in [-0.05, 0) is 43.9 Å². The molecule has 2 atom stereocenters.